The minimum absolute atomic E-state index is 0.213. The number of amides is 2. The highest BCUT2D eigenvalue weighted by atomic mass is 16.5. The number of methoxy groups -OCH3 is 2. The highest BCUT2D eigenvalue weighted by Crippen LogP contribution is 2.25. The number of nitrogens with zero attached hydrogens (tertiary/aromatic N) is 1. The average Bonchev–Trinajstić information content (AvgIpc) is 3.16. The first-order valence-corrected chi connectivity index (χ1v) is 7.75. The van der Waals surface area contributed by atoms with Gasteiger partial charge in [0.15, 0.2) is 0 Å². The van der Waals surface area contributed by atoms with Gasteiger partial charge in [-0.15, -0.1) is 0 Å². The molecule has 0 aliphatic heterocycles. The quantitative estimate of drug-likeness (QED) is 0.830. The smallest absolute Gasteiger partial charge is 0.255 e. The zero-order chi connectivity index (χ0) is 18.4. The van der Waals surface area contributed by atoms with Crippen LogP contribution in [0.5, 0.6) is 11.5 Å². The van der Waals surface area contributed by atoms with Crippen LogP contribution in [0.4, 0.5) is 0 Å². The molecular formula is C18H22N2O5. The number of nitrogens with one attached hydrogen (secondary N) is 1. The molecule has 1 aromatic carbocycles. The van der Waals surface area contributed by atoms with Crippen LogP contribution >= 0.6 is 0 Å². The van der Waals surface area contributed by atoms with Gasteiger partial charge < -0.3 is 24.1 Å². The van der Waals surface area contributed by atoms with E-state index in [0.29, 0.717) is 23.6 Å². The molecule has 0 spiro atoms. The monoisotopic (exact) mass is 346 g/mol. The van der Waals surface area contributed by atoms with Gasteiger partial charge in [-0.1, -0.05) is 0 Å². The predicted octanol–water partition coefficient (Wildman–Crippen LogP) is 2.07. The second-order valence-electron chi connectivity index (χ2n) is 5.58. The number of furan rings is 1. The largest absolute Gasteiger partial charge is 0.497 e. The van der Waals surface area contributed by atoms with Crippen molar-refractivity contribution in [1.29, 1.82) is 0 Å². The minimum Gasteiger partial charge on any atom is -0.497 e. The van der Waals surface area contributed by atoms with E-state index in [1.807, 2.05) is 6.07 Å². The van der Waals surface area contributed by atoms with Crippen molar-refractivity contribution in [3.8, 4) is 11.5 Å². The van der Waals surface area contributed by atoms with Crippen LogP contribution < -0.4 is 14.8 Å². The molecule has 2 aromatic rings. The van der Waals surface area contributed by atoms with Crippen molar-refractivity contribution in [3.63, 3.8) is 0 Å². The van der Waals surface area contributed by atoms with E-state index in [9.17, 15) is 9.59 Å². The van der Waals surface area contributed by atoms with Crippen LogP contribution in [0.15, 0.2) is 41.2 Å². The zero-order valence-corrected chi connectivity index (χ0v) is 14.7. The van der Waals surface area contributed by atoms with E-state index in [4.69, 9.17) is 13.9 Å². The standard InChI is InChI=1S/C18H22N2O5/c1-12(19-17(21)14-7-8-25-11-14)18(22)20(2)10-13-5-6-15(23-3)9-16(13)24-4/h5-9,11-12H,10H2,1-4H3,(H,19,21). The van der Waals surface area contributed by atoms with Gasteiger partial charge in [-0.05, 0) is 25.1 Å². The molecule has 1 aromatic heterocycles. The number of carbonyl (C=O) groups excluding carboxylic acids is 2. The van der Waals surface area contributed by atoms with Gasteiger partial charge in [0.2, 0.25) is 5.91 Å². The molecular weight excluding hydrogens is 324 g/mol. The lowest BCUT2D eigenvalue weighted by molar-refractivity contribution is -0.132. The van der Waals surface area contributed by atoms with E-state index in [1.165, 1.54) is 17.4 Å². The zero-order valence-electron chi connectivity index (χ0n) is 14.7. The fourth-order valence-corrected chi connectivity index (χ4v) is 2.38. The number of rotatable bonds is 7. The lowest BCUT2D eigenvalue weighted by Crippen LogP contribution is -2.45. The van der Waals surface area contributed by atoms with Crippen molar-refractivity contribution in [1.82, 2.24) is 10.2 Å². The predicted molar refractivity (Wildman–Crippen MR) is 91.7 cm³/mol. The van der Waals surface area contributed by atoms with E-state index in [1.54, 1.807) is 46.4 Å². The normalized spacial score (nSPS) is 11.5. The van der Waals surface area contributed by atoms with Crippen molar-refractivity contribution in [2.45, 2.75) is 19.5 Å². The summed E-state index contributed by atoms with van der Waals surface area (Å²) in [6.07, 6.45) is 2.74. The molecule has 0 aliphatic rings. The Balaban J connectivity index is 2.01. The molecule has 2 amide bonds. The van der Waals surface area contributed by atoms with Crippen LogP contribution in [0.3, 0.4) is 0 Å². The van der Waals surface area contributed by atoms with Crippen LogP contribution in [0, 0.1) is 0 Å². The number of benzene rings is 1. The third kappa shape index (κ3) is 4.53. The summed E-state index contributed by atoms with van der Waals surface area (Å²) in [6, 6.07) is 6.28. The van der Waals surface area contributed by atoms with Crippen LogP contribution in [0.1, 0.15) is 22.8 Å². The van der Waals surface area contributed by atoms with Crippen molar-refractivity contribution >= 4 is 11.8 Å². The van der Waals surface area contributed by atoms with Crippen molar-refractivity contribution in [2.24, 2.45) is 0 Å². The number of ether oxygens (including phenoxy) is 2. The maximum atomic E-state index is 12.5. The molecule has 1 heterocycles. The van der Waals surface area contributed by atoms with Gasteiger partial charge >= 0.3 is 0 Å². The summed E-state index contributed by atoms with van der Waals surface area (Å²) in [5.41, 5.74) is 1.21. The summed E-state index contributed by atoms with van der Waals surface area (Å²) in [5, 5.41) is 2.65. The van der Waals surface area contributed by atoms with E-state index < -0.39 is 6.04 Å². The van der Waals surface area contributed by atoms with Crippen molar-refractivity contribution < 1.29 is 23.5 Å². The van der Waals surface area contributed by atoms with E-state index >= 15 is 0 Å². The Morgan fingerprint density at radius 1 is 1.24 bits per heavy atom. The second-order valence-corrected chi connectivity index (χ2v) is 5.58. The molecule has 0 bridgehead atoms. The molecule has 25 heavy (non-hydrogen) atoms. The van der Waals surface area contributed by atoms with Crippen LogP contribution in [-0.4, -0.2) is 44.0 Å². The second kappa shape index (κ2) is 8.23. The van der Waals surface area contributed by atoms with Gasteiger partial charge in [0.05, 0.1) is 26.0 Å². The van der Waals surface area contributed by atoms with E-state index in [0.717, 1.165) is 5.56 Å². The highest BCUT2D eigenvalue weighted by molar-refractivity contribution is 5.97. The van der Waals surface area contributed by atoms with Gasteiger partial charge in [0.1, 0.15) is 23.8 Å². The fourth-order valence-electron chi connectivity index (χ4n) is 2.38. The highest BCUT2D eigenvalue weighted by Gasteiger charge is 2.21. The third-order valence-electron chi connectivity index (χ3n) is 3.78. The molecule has 0 saturated carbocycles. The van der Waals surface area contributed by atoms with Gasteiger partial charge in [0, 0.05) is 25.2 Å². The van der Waals surface area contributed by atoms with Gasteiger partial charge in [-0.25, -0.2) is 0 Å². The Morgan fingerprint density at radius 2 is 2.00 bits per heavy atom. The molecule has 7 heteroatoms. The lowest BCUT2D eigenvalue weighted by atomic mass is 10.1. The Hall–Kier alpha value is -2.96. The lowest BCUT2D eigenvalue weighted by Gasteiger charge is -2.23. The number of hydrogen-bond donors (Lipinski definition) is 1. The molecule has 0 aliphatic carbocycles. The summed E-state index contributed by atoms with van der Waals surface area (Å²) in [6.45, 7) is 1.99. The summed E-state index contributed by atoms with van der Waals surface area (Å²) in [7, 11) is 4.81. The Morgan fingerprint density at radius 3 is 2.60 bits per heavy atom. The number of carbonyl (C=O) groups is 2. The van der Waals surface area contributed by atoms with Crippen LogP contribution in [0.25, 0.3) is 0 Å². The molecule has 0 fully saturated rings. The van der Waals surface area contributed by atoms with Crippen molar-refractivity contribution in [2.75, 3.05) is 21.3 Å². The molecule has 2 rings (SSSR count). The maximum Gasteiger partial charge on any atom is 0.255 e. The summed E-state index contributed by atoms with van der Waals surface area (Å²) in [4.78, 5) is 26.0. The molecule has 134 valence electrons. The summed E-state index contributed by atoms with van der Waals surface area (Å²) < 4.78 is 15.4. The van der Waals surface area contributed by atoms with Gasteiger partial charge in [-0.2, -0.15) is 0 Å². The Labute approximate surface area is 146 Å². The molecule has 1 N–H and O–H groups in total. The third-order valence-corrected chi connectivity index (χ3v) is 3.78. The fraction of sp³-hybridized carbons (Fsp3) is 0.333. The molecule has 7 nitrogen and oxygen atoms in total. The van der Waals surface area contributed by atoms with Crippen molar-refractivity contribution in [3.05, 3.63) is 47.9 Å². The molecule has 1 atom stereocenters. The summed E-state index contributed by atoms with van der Waals surface area (Å²) in [5.74, 6) is 0.740. The molecule has 0 radical (unpaired) electrons. The first-order chi connectivity index (χ1) is 12.0. The SMILES string of the molecule is COc1ccc(CN(C)C(=O)C(C)NC(=O)c2ccoc2)c(OC)c1. The van der Waals surface area contributed by atoms with Gasteiger partial charge in [0.25, 0.3) is 5.91 Å². The van der Waals surface area contributed by atoms with Crippen LogP contribution in [-0.2, 0) is 11.3 Å². The maximum absolute atomic E-state index is 12.5. The molecule has 1 unspecified atom stereocenters. The van der Waals surface area contributed by atoms with E-state index in [2.05, 4.69) is 5.32 Å². The first kappa shape index (κ1) is 18.4. The first-order valence-electron chi connectivity index (χ1n) is 7.75. The number of likely N-dealkylation sites (N-methyl/N-ethyl adjacent to an activating group) is 1. The van der Waals surface area contributed by atoms with E-state index in [-0.39, 0.29) is 11.8 Å². The Kier molecular flexibility index (Phi) is 6.05. The van der Waals surface area contributed by atoms with Crippen LogP contribution in [0.2, 0.25) is 0 Å². The van der Waals surface area contributed by atoms with Gasteiger partial charge in [-0.3, -0.25) is 9.59 Å². The molecule has 0 saturated heterocycles. The average molecular weight is 346 g/mol. The topological polar surface area (TPSA) is 81.0 Å². The minimum atomic E-state index is -0.670. The summed E-state index contributed by atoms with van der Waals surface area (Å²) >= 11 is 0. The Bertz CT molecular complexity index is 727. The number of hydrogen-bond acceptors (Lipinski definition) is 5.